The highest BCUT2D eigenvalue weighted by molar-refractivity contribution is 6.33. The lowest BCUT2D eigenvalue weighted by atomic mass is 9.81. The van der Waals surface area contributed by atoms with Gasteiger partial charge in [-0.3, -0.25) is 19.8 Å². The molecule has 0 unspecified atom stereocenters. The second-order valence-electron chi connectivity index (χ2n) is 5.43. The number of nitrogens with zero attached hydrogens (tertiary/aromatic N) is 1. The van der Waals surface area contributed by atoms with Crippen LogP contribution >= 0.6 is 11.6 Å². The van der Waals surface area contributed by atoms with E-state index >= 15 is 0 Å². The van der Waals surface area contributed by atoms with Gasteiger partial charge in [0, 0.05) is 0 Å². The predicted octanol–water partition coefficient (Wildman–Crippen LogP) is 2.16. The second-order valence-corrected chi connectivity index (χ2v) is 5.84. The van der Waals surface area contributed by atoms with Crippen molar-refractivity contribution in [2.45, 2.75) is 25.7 Å². The highest BCUT2D eigenvalue weighted by Crippen LogP contribution is 2.37. The summed E-state index contributed by atoms with van der Waals surface area (Å²) < 4.78 is 0. The molecule has 1 aliphatic heterocycles. The molecule has 2 aliphatic rings. The molecule has 1 saturated carbocycles. The molecule has 1 aromatic carbocycles. The van der Waals surface area contributed by atoms with Crippen LogP contribution in [0.1, 0.15) is 36.0 Å². The Hall–Kier alpha value is -1.88. The minimum Gasteiger partial charge on any atom is -0.272 e. The number of hydrogen-bond donors (Lipinski definition) is 1. The number of nitrogens with one attached hydrogen (secondary N) is 1. The predicted molar refractivity (Wildman–Crippen MR) is 76.2 cm³/mol. The van der Waals surface area contributed by atoms with Crippen LogP contribution in [0.5, 0.6) is 0 Å². The Morgan fingerprint density at radius 2 is 1.67 bits per heavy atom. The van der Waals surface area contributed by atoms with Gasteiger partial charge >= 0.3 is 0 Å². The maximum atomic E-state index is 12.3. The topological polar surface area (TPSA) is 66.5 Å². The molecule has 2 atom stereocenters. The molecule has 3 rings (SSSR count). The van der Waals surface area contributed by atoms with Crippen LogP contribution in [-0.2, 0) is 9.59 Å². The van der Waals surface area contributed by atoms with Gasteiger partial charge < -0.3 is 0 Å². The Labute approximate surface area is 127 Å². The lowest BCUT2D eigenvalue weighted by Crippen LogP contribution is -2.46. The Morgan fingerprint density at radius 1 is 1.10 bits per heavy atom. The number of carbonyl (C=O) groups excluding carboxylic acids is 3. The monoisotopic (exact) mass is 306 g/mol. The summed E-state index contributed by atoms with van der Waals surface area (Å²) >= 11 is 5.95. The third-order valence-electron chi connectivity index (χ3n) is 4.17. The third kappa shape index (κ3) is 2.42. The molecule has 3 amide bonds. The average molecular weight is 307 g/mol. The Balaban J connectivity index is 1.79. The van der Waals surface area contributed by atoms with Gasteiger partial charge in [-0.05, 0) is 25.0 Å². The quantitative estimate of drug-likeness (QED) is 0.852. The van der Waals surface area contributed by atoms with E-state index in [2.05, 4.69) is 5.43 Å². The third-order valence-corrected chi connectivity index (χ3v) is 4.50. The molecule has 0 aromatic heterocycles. The first-order valence-corrected chi connectivity index (χ1v) is 7.40. The average Bonchev–Trinajstić information content (AvgIpc) is 2.73. The number of amides is 3. The van der Waals surface area contributed by atoms with Crippen molar-refractivity contribution in [3.8, 4) is 0 Å². The van der Waals surface area contributed by atoms with Crippen LogP contribution in [0.25, 0.3) is 0 Å². The molecule has 6 heteroatoms. The van der Waals surface area contributed by atoms with E-state index in [0.717, 1.165) is 17.9 Å². The molecule has 2 fully saturated rings. The van der Waals surface area contributed by atoms with Crippen LogP contribution in [0.4, 0.5) is 0 Å². The molecule has 0 spiro atoms. The fourth-order valence-electron chi connectivity index (χ4n) is 3.08. The molecular weight excluding hydrogens is 292 g/mol. The van der Waals surface area contributed by atoms with Crippen molar-refractivity contribution in [1.29, 1.82) is 0 Å². The van der Waals surface area contributed by atoms with Crippen LogP contribution in [0.3, 0.4) is 0 Å². The molecular formula is C15H15ClN2O3. The smallest absolute Gasteiger partial charge is 0.271 e. The van der Waals surface area contributed by atoms with Gasteiger partial charge in [-0.1, -0.05) is 36.6 Å². The summed E-state index contributed by atoms with van der Waals surface area (Å²) in [6.07, 6.45) is 3.33. The van der Waals surface area contributed by atoms with Gasteiger partial charge in [0.05, 0.1) is 22.4 Å². The minimum absolute atomic E-state index is 0.245. The highest BCUT2D eigenvalue weighted by atomic mass is 35.5. The van der Waals surface area contributed by atoms with E-state index in [9.17, 15) is 14.4 Å². The Bertz CT molecular complexity index is 593. The molecule has 0 radical (unpaired) electrons. The number of benzene rings is 1. The van der Waals surface area contributed by atoms with Gasteiger partial charge in [-0.2, -0.15) is 5.01 Å². The second kappa shape index (κ2) is 5.48. The zero-order chi connectivity index (χ0) is 15.0. The maximum Gasteiger partial charge on any atom is 0.271 e. The Morgan fingerprint density at radius 3 is 2.24 bits per heavy atom. The number of halogens is 1. The van der Waals surface area contributed by atoms with Crippen LogP contribution < -0.4 is 5.43 Å². The van der Waals surface area contributed by atoms with E-state index in [4.69, 9.17) is 11.6 Å². The van der Waals surface area contributed by atoms with E-state index < -0.39 is 5.91 Å². The van der Waals surface area contributed by atoms with Crippen LogP contribution in [0, 0.1) is 11.8 Å². The number of imide groups is 1. The molecule has 1 saturated heterocycles. The van der Waals surface area contributed by atoms with Crippen molar-refractivity contribution in [3.05, 3.63) is 34.9 Å². The largest absolute Gasteiger partial charge is 0.272 e. The lowest BCUT2D eigenvalue weighted by Gasteiger charge is -2.19. The molecule has 21 heavy (non-hydrogen) atoms. The van der Waals surface area contributed by atoms with E-state index in [1.165, 1.54) is 0 Å². The van der Waals surface area contributed by atoms with E-state index in [1.807, 2.05) is 0 Å². The van der Waals surface area contributed by atoms with Crippen LogP contribution in [0.2, 0.25) is 5.02 Å². The zero-order valence-electron chi connectivity index (χ0n) is 11.3. The van der Waals surface area contributed by atoms with Gasteiger partial charge in [0.2, 0.25) is 0 Å². The Kier molecular flexibility index (Phi) is 3.68. The molecule has 1 heterocycles. The number of hydrogen-bond acceptors (Lipinski definition) is 3. The molecule has 5 nitrogen and oxygen atoms in total. The highest BCUT2D eigenvalue weighted by Gasteiger charge is 2.49. The summed E-state index contributed by atoms with van der Waals surface area (Å²) in [6.45, 7) is 0. The number of hydrazine groups is 1. The van der Waals surface area contributed by atoms with Gasteiger partial charge in [0.1, 0.15) is 0 Å². The summed E-state index contributed by atoms with van der Waals surface area (Å²) in [6, 6.07) is 6.52. The van der Waals surface area contributed by atoms with Gasteiger partial charge in [0.25, 0.3) is 17.7 Å². The minimum atomic E-state index is -0.541. The molecule has 1 aromatic rings. The van der Waals surface area contributed by atoms with E-state index in [1.54, 1.807) is 24.3 Å². The molecule has 1 N–H and O–H groups in total. The first-order chi connectivity index (χ1) is 10.1. The number of carbonyl (C=O) groups is 3. The van der Waals surface area contributed by atoms with Gasteiger partial charge in [0.15, 0.2) is 0 Å². The summed E-state index contributed by atoms with van der Waals surface area (Å²) in [5.74, 6) is -1.70. The summed E-state index contributed by atoms with van der Waals surface area (Å²) in [7, 11) is 0. The molecule has 0 bridgehead atoms. The van der Waals surface area contributed by atoms with E-state index in [0.29, 0.717) is 12.8 Å². The van der Waals surface area contributed by atoms with E-state index in [-0.39, 0.29) is 34.2 Å². The fraction of sp³-hybridized carbons (Fsp3) is 0.400. The van der Waals surface area contributed by atoms with Crippen molar-refractivity contribution in [2.75, 3.05) is 0 Å². The first kappa shape index (κ1) is 14.1. The van der Waals surface area contributed by atoms with Crippen molar-refractivity contribution in [2.24, 2.45) is 11.8 Å². The van der Waals surface area contributed by atoms with Crippen LogP contribution in [0.15, 0.2) is 24.3 Å². The lowest BCUT2D eigenvalue weighted by molar-refractivity contribution is -0.142. The van der Waals surface area contributed by atoms with Crippen molar-refractivity contribution in [1.82, 2.24) is 10.4 Å². The number of rotatable bonds is 2. The maximum absolute atomic E-state index is 12.3. The van der Waals surface area contributed by atoms with Gasteiger partial charge in [-0.15, -0.1) is 0 Å². The summed E-state index contributed by atoms with van der Waals surface area (Å²) in [4.78, 5) is 36.7. The fourth-order valence-corrected chi connectivity index (χ4v) is 3.30. The molecule has 1 aliphatic carbocycles. The number of fused-ring (bicyclic) bond motifs is 1. The zero-order valence-corrected chi connectivity index (χ0v) is 12.1. The standard InChI is InChI=1S/C15H15ClN2O3/c16-12-8-4-3-7-11(12)13(19)17-18-14(20)9-5-1-2-6-10(9)15(18)21/h3-4,7-10H,1-2,5-6H2,(H,17,19)/t9-,10+. The van der Waals surface area contributed by atoms with Crippen molar-refractivity contribution >= 4 is 29.3 Å². The SMILES string of the molecule is O=C(NN1C(=O)[C@H]2CCCC[C@H]2C1=O)c1ccccc1Cl. The van der Waals surface area contributed by atoms with Crippen molar-refractivity contribution in [3.63, 3.8) is 0 Å². The summed E-state index contributed by atoms with van der Waals surface area (Å²) in [5.41, 5.74) is 2.65. The van der Waals surface area contributed by atoms with Crippen LogP contribution in [-0.4, -0.2) is 22.7 Å². The summed E-state index contributed by atoms with van der Waals surface area (Å²) in [5, 5.41) is 1.17. The van der Waals surface area contributed by atoms with Gasteiger partial charge in [-0.25, -0.2) is 0 Å². The van der Waals surface area contributed by atoms with Crippen molar-refractivity contribution < 1.29 is 14.4 Å². The normalized spacial score (nSPS) is 24.9. The first-order valence-electron chi connectivity index (χ1n) is 7.03. The molecule has 110 valence electrons.